The summed E-state index contributed by atoms with van der Waals surface area (Å²) >= 11 is 1.26. The van der Waals surface area contributed by atoms with Crippen LogP contribution in [-0.2, 0) is 9.59 Å². The minimum atomic E-state index is 0.00376. The van der Waals surface area contributed by atoms with Gasteiger partial charge >= 0.3 is 0 Å². The smallest absolute Gasteiger partial charge is 0.224 e. The second-order valence-corrected chi connectivity index (χ2v) is 7.34. The molecule has 2 rings (SSSR count). The van der Waals surface area contributed by atoms with E-state index in [1.54, 1.807) is 6.92 Å². The molecule has 22 heavy (non-hydrogen) atoms. The summed E-state index contributed by atoms with van der Waals surface area (Å²) in [6.07, 6.45) is 0.442. The molecule has 1 heterocycles. The summed E-state index contributed by atoms with van der Waals surface area (Å²) < 4.78 is 5.94. The van der Waals surface area contributed by atoms with Crippen LogP contribution in [0.3, 0.4) is 0 Å². The molecule has 2 unspecified atom stereocenters. The van der Waals surface area contributed by atoms with E-state index in [1.807, 2.05) is 43.9 Å². The van der Waals surface area contributed by atoms with E-state index in [0.29, 0.717) is 19.6 Å². The van der Waals surface area contributed by atoms with Crippen molar-refractivity contribution in [3.8, 4) is 5.75 Å². The summed E-state index contributed by atoms with van der Waals surface area (Å²) in [4.78, 5) is 25.1. The molecule has 0 saturated carbocycles. The van der Waals surface area contributed by atoms with E-state index < -0.39 is 0 Å². The van der Waals surface area contributed by atoms with Crippen LogP contribution in [0.4, 0.5) is 0 Å². The van der Waals surface area contributed by atoms with Crippen LogP contribution < -0.4 is 4.74 Å². The maximum atomic E-state index is 12.1. The number of nitrogens with zero attached hydrogens (tertiary/aromatic N) is 1. The van der Waals surface area contributed by atoms with Crippen molar-refractivity contribution in [1.82, 2.24) is 4.90 Å². The highest BCUT2D eigenvalue weighted by Gasteiger charge is 2.33. The fraction of sp³-hybridized carbons (Fsp3) is 0.529. The lowest BCUT2D eigenvalue weighted by Crippen LogP contribution is -2.38. The lowest BCUT2D eigenvalue weighted by Gasteiger charge is -2.25. The predicted octanol–water partition coefficient (Wildman–Crippen LogP) is 2.95. The van der Waals surface area contributed by atoms with Gasteiger partial charge in [-0.25, -0.2) is 0 Å². The highest BCUT2D eigenvalue weighted by molar-refractivity contribution is 8.14. The molecule has 0 radical (unpaired) electrons. The van der Waals surface area contributed by atoms with Crippen molar-refractivity contribution in [2.45, 2.75) is 45.4 Å². The first kappa shape index (κ1) is 16.9. The number of carbonyl (C=O) groups excluding carboxylic acids is 2. The number of likely N-dealkylation sites (tertiary alicyclic amines) is 1. The lowest BCUT2D eigenvalue weighted by molar-refractivity contribution is -0.129. The van der Waals surface area contributed by atoms with Crippen molar-refractivity contribution in [1.29, 1.82) is 0 Å². The Hall–Kier alpha value is -1.49. The normalized spacial score (nSPS) is 19.4. The van der Waals surface area contributed by atoms with Gasteiger partial charge in [-0.1, -0.05) is 30.0 Å². The number of amides is 1. The van der Waals surface area contributed by atoms with Gasteiger partial charge in [-0.3, -0.25) is 9.59 Å². The summed E-state index contributed by atoms with van der Waals surface area (Å²) in [5.41, 5.74) is 2.20. The maximum absolute atomic E-state index is 12.1. The number of rotatable bonds is 5. The predicted molar refractivity (Wildman–Crippen MR) is 89.3 cm³/mol. The quantitative estimate of drug-likeness (QED) is 0.836. The van der Waals surface area contributed by atoms with Crippen molar-refractivity contribution < 1.29 is 14.3 Å². The molecule has 0 spiro atoms. The average Bonchev–Trinajstić information content (AvgIpc) is 2.78. The average molecular weight is 321 g/mol. The zero-order chi connectivity index (χ0) is 16.3. The third kappa shape index (κ3) is 4.03. The van der Waals surface area contributed by atoms with E-state index in [1.165, 1.54) is 11.8 Å². The minimum absolute atomic E-state index is 0.00376. The molecule has 5 heteroatoms. The standard InChI is InChI=1S/C17H23NO3S/c1-11-6-5-7-12(2)17(11)21-10-13(3)18-9-15(8-16(18)20)22-14(4)19/h5-7,13,15H,8-10H2,1-4H3. The van der Waals surface area contributed by atoms with Gasteiger partial charge in [-0.15, -0.1) is 0 Å². The molecular weight excluding hydrogens is 298 g/mol. The molecule has 1 saturated heterocycles. The first-order valence-electron chi connectivity index (χ1n) is 7.54. The minimum Gasteiger partial charge on any atom is -0.491 e. The first-order valence-corrected chi connectivity index (χ1v) is 8.42. The largest absolute Gasteiger partial charge is 0.491 e. The second kappa shape index (κ2) is 7.18. The van der Waals surface area contributed by atoms with Gasteiger partial charge in [0.1, 0.15) is 12.4 Å². The topological polar surface area (TPSA) is 46.6 Å². The van der Waals surface area contributed by atoms with Crippen LogP contribution >= 0.6 is 11.8 Å². The summed E-state index contributed by atoms with van der Waals surface area (Å²) in [6, 6.07) is 6.05. The monoisotopic (exact) mass is 321 g/mol. The van der Waals surface area contributed by atoms with Crippen LogP contribution in [0.1, 0.15) is 31.4 Å². The Balaban J connectivity index is 1.94. The molecule has 0 aromatic heterocycles. The number of thioether (sulfide) groups is 1. The summed E-state index contributed by atoms with van der Waals surface area (Å²) in [5, 5.41) is 0.145. The molecule has 0 bridgehead atoms. The van der Waals surface area contributed by atoms with Crippen molar-refractivity contribution in [2.24, 2.45) is 0 Å². The molecule has 1 aromatic rings. The van der Waals surface area contributed by atoms with Crippen molar-refractivity contribution >= 4 is 22.8 Å². The highest BCUT2D eigenvalue weighted by Crippen LogP contribution is 2.27. The molecule has 1 aliphatic heterocycles. The van der Waals surface area contributed by atoms with E-state index in [4.69, 9.17) is 4.74 Å². The highest BCUT2D eigenvalue weighted by atomic mass is 32.2. The van der Waals surface area contributed by atoms with Crippen LogP contribution in [0.2, 0.25) is 0 Å². The molecule has 0 aliphatic carbocycles. The Labute approximate surface area is 136 Å². The van der Waals surface area contributed by atoms with Gasteiger partial charge in [0.2, 0.25) is 5.91 Å². The fourth-order valence-electron chi connectivity index (χ4n) is 2.76. The number of carbonyl (C=O) groups is 2. The summed E-state index contributed by atoms with van der Waals surface area (Å²) in [7, 11) is 0. The molecule has 1 amide bonds. The molecule has 2 atom stereocenters. The SMILES string of the molecule is CC(=O)SC1CC(=O)N(C(C)COc2c(C)cccc2C)C1. The van der Waals surface area contributed by atoms with Gasteiger partial charge in [0.05, 0.1) is 6.04 Å². The summed E-state index contributed by atoms with van der Waals surface area (Å²) in [6.45, 7) is 8.67. The molecule has 4 nitrogen and oxygen atoms in total. The van der Waals surface area contributed by atoms with Crippen LogP contribution in [-0.4, -0.2) is 40.4 Å². The van der Waals surface area contributed by atoms with E-state index in [0.717, 1.165) is 16.9 Å². The van der Waals surface area contributed by atoms with E-state index in [-0.39, 0.29) is 22.3 Å². The van der Waals surface area contributed by atoms with Crippen LogP contribution in [0.25, 0.3) is 0 Å². The van der Waals surface area contributed by atoms with Crippen LogP contribution in [0, 0.1) is 13.8 Å². The Morgan fingerprint density at radius 3 is 2.64 bits per heavy atom. The summed E-state index contributed by atoms with van der Waals surface area (Å²) in [5.74, 6) is 1.01. The van der Waals surface area contributed by atoms with Crippen LogP contribution in [0.15, 0.2) is 18.2 Å². The van der Waals surface area contributed by atoms with Gasteiger partial charge in [0.15, 0.2) is 5.12 Å². The van der Waals surface area contributed by atoms with Gasteiger partial charge < -0.3 is 9.64 Å². The molecule has 1 aliphatic rings. The first-order chi connectivity index (χ1) is 10.4. The molecule has 120 valence electrons. The number of para-hydroxylation sites is 1. The molecule has 1 fully saturated rings. The Morgan fingerprint density at radius 1 is 1.41 bits per heavy atom. The third-order valence-electron chi connectivity index (χ3n) is 3.87. The number of benzene rings is 1. The van der Waals surface area contributed by atoms with Crippen molar-refractivity contribution in [2.75, 3.05) is 13.2 Å². The lowest BCUT2D eigenvalue weighted by atomic mass is 10.1. The molecule has 1 aromatic carbocycles. The van der Waals surface area contributed by atoms with Gasteiger partial charge in [-0.05, 0) is 31.9 Å². The van der Waals surface area contributed by atoms with Gasteiger partial charge in [0.25, 0.3) is 0 Å². The van der Waals surface area contributed by atoms with Gasteiger partial charge in [0, 0.05) is 25.1 Å². The van der Waals surface area contributed by atoms with E-state index >= 15 is 0 Å². The van der Waals surface area contributed by atoms with E-state index in [2.05, 4.69) is 0 Å². The Bertz CT molecular complexity index is 553. The maximum Gasteiger partial charge on any atom is 0.224 e. The van der Waals surface area contributed by atoms with Crippen molar-refractivity contribution in [3.05, 3.63) is 29.3 Å². The fourth-order valence-corrected chi connectivity index (χ4v) is 3.69. The van der Waals surface area contributed by atoms with Crippen LogP contribution in [0.5, 0.6) is 5.75 Å². The Morgan fingerprint density at radius 2 is 2.05 bits per heavy atom. The Kier molecular flexibility index (Phi) is 5.51. The zero-order valence-electron chi connectivity index (χ0n) is 13.6. The van der Waals surface area contributed by atoms with E-state index in [9.17, 15) is 9.59 Å². The van der Waals surface area contributed by atoms with Crippen molar-refractivity contribution in [3.63, 3.8) is 0 Å². The molecule has 0 N–H and O–H groups in total. The molecular formula is C17H23NO3S. The number of ether oxygens (including phenoxy) is 1. The third-order valence-corrected chi connectivity index (χ3v) is 4.85. The second-order valence-electron chi connectivity index (χ2n) is 5.86. The zero-order valence-corrected chi connectivity index (χ0v) is 14.4. The number of aryl methyl sites for hydroxylation is 2. The van der Waals surface area contributed by atoms with Gasteiger partial charge in [-0.2, -0.15) is 0 Å². The number of hydrogen-bond acceptors (Lipinski definition) is 4. The number of hydrogen-bond donors (Lipinski definition) is 0.